The number of amides is 1. The summed E-state index contributed by atoms with van der Waals surface area (Å²) in [5.41, 5.74) is -0.0954. The molecular formula is C10H12N4O3. The van der Waals surface area contributed by atoms with Crippen LogP contribution >= 0.6 is 0 Å². The lowest BCUT2D eigenvalue weighted by Crippen LogP contribution is -2.35. The van der Waals surface area contributed by atoms with E-state index in [0.717, 1.165) is 25.6 Å². The van der Waals surface area contributed by atoms with E-state index in [9.17, 15) is 14.9 Å². The Morgan fingerprint density at radius 1 is 1.59 bits per heavy atom. The fraction of sp³-hybridized carbons (Fsp3) is 0.400. The van der Waals surface area contributed by atoms with Crippen molar-refractivity contribution in [1.29, 1.82) is 0 Å². The minimum Gasteiger partial charge on any atom is -0.309 e. The van der Waals surface area contributed by atoms with E-state index in [0.29, 0.717) is 5.82 Å². The first-order chi connectivity index (χ1) is 8.16. The van der Waals surface area contributed by atoms with Gasteiger partial charge in [0.15, 0.2) is 0 Å². The Balaban J connectivity index is 1.98. The van der Waals surface area contributed by atoms with Gasteiger partial charge in [0.2, 0.25) is 5.91 Å². The zero-order chi connectivity index (χ0) is 12.3. The van der Waals surface area contributed by atoms with Crippen LogP contribution in [0.1, 0.15) is 12.8 Å². The van der Waals surface area contributed by atoms with Crippen LogP contribution in [0.5, 0.6) is 0 Å². The smallest absolute Gasteiger partial charge is 0.287 e. The summed E-state index contributed by atoms with van der Waals surface area (Å²) in [6.07, 6.45) is 2.91. The van der Waals surface area contributed by atoms with Gasteiger partial charge in [0.1, 0.15) is 12.0 Å². The number of nitrogens with zero attached hydrogens (tertiary/aromatic N) is 2. The third-order valence-electron chi connectivity index (χ3n) is 2.59. The summed E-state index contributed by atoms with van der Waals surface area (Å²) in [6, 6.07) is 2.54. The third kappa shape index (κ3) is 2.76. The molecule has 0 aliphatic carbocycles. The normalized spacial score (nSPS) is 18.9. The number of hydrogen-bond acceptors (Lipinski definition) is 5. The SMILES string of the molecule is O=C(Nc1ccc([N+](=O)[O-])cn1)[C@@H]1CCCN1. The lowest BCUT2D eigenvalue weighted by Gasteiger charge is -2.09. The highest BCUT2D eigenvalue weighted by Crippen LogP contribution is 2.13. The minimum atomic E-state index is -0.531. The summed E-state index contributed by atoms with van der Waals surface area (Å²) < 4.78 is 0. The molecule has 1 aliphatic heterocycles. The number of nitrogens with one attached hydrogen (secondary N) is 2. The molecular weight excluding hydrogens is 224 g/mol. The van der Waals surface area contributed by atoms with Crippen LogP contribution in [0.2, 0.25) is 0 Å². The molecule has 2 N–H and O–H groups in total. The van der Waals surface area contributed by atoms with Crippen LogP contribution in [0.25, 0.3) is 0 Å². The lowest BCUT2D eigenvalue weighted by atomic mass is 10.2. The van der Waals surface area contributed by atoms with E-state index in [2.05, 4.69) is 15.6 Å². The standard InChI is InChI=1S/C10H12N4O3/c15-10(8-2-1-5-11-8)13-9-4-3-7(6-12-9)14(16)17/h3-4,6,8,11H,1-2,5H2,(H,12,13,15)/t8-/m0/s1. The van der Waals surface area contributed by atoms with Crippen LogP contribution in [-0.2, 0) is 4.79 Å². The van der Waals surface area contributed by atoms with Crippen LogP contribution in [0, 0.1) is 10.1 Å². The number of carbonyl (C=O) groups is 1. The number of nitro groups is 1. The van der Waals surface area contributed by atoms with Gasteiger partial charge in [-0.1, -0.05) is 0 Å². The summed E-state index contributed by atoms with van der Waals surface area (Å²) in [5, 5.41) is 16.1. The molecule has 1 atom stereocenters. The Labute approximate surface area is 97.4 Å². The Hall–Kier alpha value is -2.02. The predicted molar refractivity (Wildman–Crippen MR) is 60.5 cm³/mol. The molecule has 2 rings (SSSR count). The summed E-state index contributed by atoms with van der Waals surface area (Å²) >= 11 is 0. The van der Waals surface area contributed by atoms with Gasteiger partial charge in [-0.25, -0.2) is 4.98 Å². The Bertz CT molecular complexity index is 426. The molecule has 0 radical (unpaired) electrons. The van der Waals surface area contributed by atoms with E-state index in [-0.39, 0.29) is 17.6 Å². The number of aromatic nitrogens is 1. The van der Waals surface area contributed by atoms with Crippen LogP contribution in [0.15, 0.2) is 18.3 Å². The van der Waals surface area contributed by atoms with Gasteiger partial charge >= 0.3 is 0 Å². The first-order valence-electron chi connectivity index (χ1n) is 5.31. The Morgan fingerprint density at radius 2 is 2.41 bits per heavy atom. The molecule has 0 saturated carbocycles. The maximum Gasteiger partial charge on any atom is 0.287 e. The van der Waals surface area contributed by atoms with Crippen LogP contribution in [-0.4, -0.2) is 28.4 Å². The average Bonchev–Trinajstić information content (AvgIpc) is 2.83. The molecule has 1 fully saturated rings. The first-order valence-corrected chi connectivity index (χ1v) is 5.31. The molecule has 1 saturated heterocycles. The predicted octanol–water partition coefficient (Wildman–Crippen LogP) is 0.680. The van der Waals surface area contributed by atoms with Gasteiger partial charge in [-0.05, 0) is 25.5 Å². The molecule has 2 heterocycles. The van der Waals surface area contributed by atoms with Gasteiger partial charge in [0.25, 0.3) is 5.69 Å². The molecule has 1 aromatic rings. The van der Waals surface area contributed by atoms with Crippen molar-refractivity contribution in [2.75, 3.05) is 11.9 Å². The zero-order valence-electron chi connectivity index (χ0n) is 9.05. The van der Waals surface area contributed by atoms with Gasteiger partial charge in [-0.3, -0.25) is 14.9 Å². The monoisotopic (exact) mass is 236 g/mol. The molecule has 1 aromatic heterocycles. The fourth-order valence-corrected chi connectivity index (χ4v) is 1.69. The Morgan fingerprint density at radius 3 is 2.94 bits per heavy atom. The quantitative estimate of drug-likeness (QED) is 0.594. The van der Waals surface area contributed by atoms with E-state index in [1.54, 1.807) is 0 Å². The second-order valence-corrected chi connectivity index (χ2v) is 3.80. The summed E-state index contributed by atoms with van der Waals surface area (Å²) in [6.45, 7) is 0.839. The highest BCUT2D eigenvalue weighted by Gasteiger charge is 2.22. The van der Waals surface area contributed by atoms with Gasteiger partial charge in [0, 0.05) is 6.07 Å². The lowest BCUT2D eigenvalue weighted by molar-refractivity contribution is -0.385. The number of carbonyl (C=O) groups excluding carboxylic acids is 1. The molecule has 1 aliphatic rings. The number of anilines is 1. The van der Waals surface area contributed by atoms with E-state index in [4.69, 9.17) is 0 Å². The molecule has 0 aromatic carbocycles. The van der Waals surface area contributed by atoms with Crippen LogP contribution in [0.4, 0.5) is 11.5 Å². The maximum atomic E-state index is 11.7. The van der Waals surface area contributed by atoms with Gasteiger partial charge in [0.05, 0.1) is 11.0 Å². The van der Waals surface area contributed by atoms with Crippen molar-refractivity contribution < 1.29 is 9.72 Å². The zero-order valence-corrected chi connectivity index (χ0v) is 9.05. The first kappa shape index (κ1) is 11.5. The van der Waals surface area contributed by atoms with Crippen molar-refractivity contribution in [2.45, 2.75) is 18.9 Å². The molecule has 7 nitrogen and oxygen atoms in total. The number of pyridine rings is 1. The summed E-state index contributed by atoms with van der Waals surface area (Å²) in [7, 11) is 0. The van der Waals surface area contributed by atoms with Crippen molar-refractivity contribution in [3.05, 3.63) is 28.4 Å². The molecule has 17 heavy (non-hydrogen) atoms. The second-order valence-electron chi connectivity index (χ2n) is 3.80. The van der Waals surface area contributed by atoms with Crippen LogP contribution in [0.3, 0.4) is 0 Å². The van der Waals surface area contributed by atoms with Crippen LogP contribution < -0.4 is 10.6 Å². The molecule has 7 heteroatoms. The topological polar surface area (TPSA) is 97.2 Å². The van der Waals surface area contributed by atoms with Crippen molar-refractivity contribution in [2.24, 2.45) is 0 Å². The number of rotatable bonds is 3. The van der Waals surface area contributed by atoms with Crippen molar-refractivity contribution in [1.82, 2.24) is 10.3 Å². The van der Waals surface area contributed by atoms with Gasteiger partial charge in [-0.2, -0.15) is 0 Å². The van der Waals surface area contributed by atoms with Gasteiger partial charge < -0.3 is 10.6 Å². The minimum absolute atomic E-state index is 0.0954. The van der Waals surface area contributed by atoms with E-state index in [1.807, 2.05) is 0 Å². The molecule has 0 bridgehead atoms. The average molecular weight is 236 g/mol. The number of hydrogen-bond donors (Lipinski definition) is 2. The fourth-order valence-electron chi connectivity index (χ4n) is 1.69. The Kier molecular flexibility index (Phi) is 3.29. The van der Waals surface area contributed by atoms with Crippen molar-refractivity contribution in [3.8, 4) is 0 Å². The summed E-state index contributed by atoms with van der Waals surface area (Å²) in [5.74, 6) is 0.179. The maximum absolute atomic E-state index is 11.7. The molecule has 0 spiro atoms. The van der Waals surface area contributed by atoms with E-state index < -0.39 is 4.92 Å². The van der Waals surface area contributed by atoms with Crippen molar-refractivity contribution in [3.63, 3.8) is 0 Å². The van der Waals surface area contributed by atoms with E-state index in [1.165, 1.54) is 12.1 Å². The highest BCUT2D eigenvalue weighted by molar-refractivity contribution is 5.94. The van der Waals surface area contributed by atoms with Crippen molar-refractivity contribution >= 4 is 17.4 Å². The molecule has 90 valence electrons. The molecule has 1 amide bonds. The largest absolute Gasteiger partial charge is 0.309 e. The summed E-state index contributed by atoms with van der Waals surface area (Å²) in [4.78, 5) is 25.4. The molecule has 0 unspecified atom stereocenters. The highest BCUT2D eigenvalue weighted by atomic mass is 16.6. The van der Waals surface area contributed by atoms with Gasteiger partial charge in [-0.15, -0.1) is 0 Å². The third-order valence-corrected chi connectivity index (χ3v) is 2.59. The van der Waals surface area contributed by atoms with E-state index >= 15 is 0 Å². The second kappa shape index (κ2) is 4.88.